The molecule has 1 amide bonds. The molecule has 1 N–H and O–H groups in total. The highest BCUT2D eigenvalue weighted by atomic mass is 35.5. The number of ether oxygens (including phenoxy) is 1. The zero-order valence-corrected chi connectivity index (χ0v) is 18.2. The van der Waals surface area contributed by atoms with Gasteiger partial charge in [-0.3, -0.25) is 4.79 Å². The molecule has 0 radical (unpaired) electrons. The minimum absolute atomic E-state index is 0.0412. The highest BCUT2D eigenvalue weighted by Gasteiger charge is 2.17. The largest absolute Gasteiger partial charge is 0.484 e. The Balaban J connectivity index is 1.52. The molecule has 0 aromatic heterocycles. The van der Waals surface area contributed by atoms with Gasteiger partial charge in [0.25, 0.3) is 5.91 Å². The van der Waals surface area contributed by atoms with Crippen molar-refractivity contribution >= 4 is 28.9 Å². The van der Waals surface area contributed by atoms with Crippen molar-refractivity contribution < 1.29 is 9.53 Å². The van der Waals surface area contributed by atoms with Gasteiger partial charge in [-0.25, -0.2) is 0 Å². The van der Waals surface area contributed by atoms with Crippen molar-refractivity contribution in [1.29, 1.82) is 0 Å². The van der Waals surface area contributed by atoms with Gasteiger partial charge in [-0.05, 0) is 55.3 Å². The van der Waals surface area contributed by atoms with Crippen LogP contribution in [0.2, 0.25) is 5.02 Å². The first-order valence-corrected chi connectivity index (χ1v) is 10.6. The van der Waals surface area contributed by atoms with Crippen molar-refractivity contribution in [3.8, 4) is 5.75 Å². The number of hydrogen-bond acceptors (Lipinski definition) is 4. The maximum absolute atomic E-state index is 12.2. The summed E-state index contributed by atoms with van der Waals surface area (Å²) in [4.78, 5) is 16.8. The minimum Gasteiger partial charge on any atom is -0.484 e. The summed E-state index contributed by atoms with van der Waals surface area (Å²) in [5.74, 6) is 1.00. The third kappa shape index (κ3) is 5.87. The summed E-state index contributed by atoms with van der Waals surface area (Å²) in [5, 5.41) is 3.50. The molecular formula is C23H30ClN3O2. The maximum Gasteiger partial charge on any atom is 0.262 e. The summed E-state index contributed by atoms with van der Waals surface area (Å²) in [6, 6.07) is 13.6. The molecule has 1 saturated heterocycles. The molecule has 0 spiro atoms. The number of halogens is 1. The Labute approximate surface area is 178 Å². The van der Waals surface area contributed by atoms with E-state index in [2.05, 4.69) is 48.1 Å². The lowest BCUT2D eigenvalue weighted by molar-refractivity contribution is -0.118. The van der Waals surface area contributed by atoms with Crippen LogP contribution in [0.3, 0.4) is 0 Å². The fourth-order valence-corrected chi connectivity index (χ4v) is 3.66. The molecular weight excluding hydrogens is 386 g/mol. The molecule has 2 aromatic carbocycles. The fourth-order valence-electron chi connectivity index (χ4n) is 3.36. The van der Waals surface area contributed by atoms with E-state index in [0.29, 0.717) is 22.4 Å². The van der Waals surface area contributed by atoms with Crippen LogP contribution in [0.4, 0.5) is 11.4 Å². The summed E-state index contributed by atoms with van der Waals surface area (Å²) in [6.45, 7) is 8.26. The molecule has 29 heavy (non-hydrogen) atoms. The van der Waals surface area contributed by atoms with E-state index in [-0.39, 0.29) is 12.5 Å². The Morgan fingerprint density at radius 2 is 1.83 bits per heavy atom. The summed E-state index contributed by atoms with van der Waals surface area (Å²) >= 11 is 6.47. The zero-order valence-electron chi connectivity index (χ0n) is 17.5. The van der Waals surface area contributed by atoms with Gasteiger partial charge in [-0.2, -0.15) is 0 Å². The molecule has 1 atom stereocenters. The van der Waals surface area contributed by atoms with E-state index in [4.69, 9.17) is 16.3 Å². The molecule has 0 saturated carbocycles. The van der Waals surface area contributed by atoms with E-state index in [1.54, 1.807) is 6.07 Å². The molecule has 3 rings (SSSR count). The molecule has 156 valence electrons. The summed E-state index contributed by atoms with van der Waals surface area (Å²) in [5.41, 5.74) is 2.96. The fraction of sp³-hybridized carbons (Fsp3) is 0.435. The Bertz CT molecular complexity index is 817. The SMILES string of the molecule is CCC(C)c1ccc(OCC(=O)Nc2ccc(N3CCN(C)CC3)c(Cl)c2)cc1. The lowest BCUT2D eigenvalue weighted by atomic mass is 9.99. The number of amides is 1. The summed E-state index contributed by atoms with van der Waals surface area (Å²) in [7, 11) is 2.12. The van der Waals surface area contributed by atoms with Crippen molar-refractivity contribution in [3.63, 3.8) is 0 Å². The molecule has 1 fully saturated rings. The van der Waals surface area contributed by atoms with Crippen LogP contribution in [0, 0.1) is 0 Å². The first kappa shape index (κ1) is 21.5. The van der Waals surface area contributed by atoms with Gasteiger partial charge in [0.05, 0.1) is 10.7 Å². The van der Waals surface area contributed by atoms with E-state index in [0.717, 1.165) is 38.3 Å². The first-order valence-electron chi connectivity index (χ1n) is 10.2. The van der Waals surface area contributed by atoms with E-state index < -0.39 is 0 Å². The van der Waals surface area contributed by atoms with Gasteiger partial charge in [-0.1, -0.05) is 37.6 Å². The average Bonchev–Trinajstić information content (AvgIpc) is 2.73. The lowest BCUT2D eigenvalue weighted by Crippen LogP contribution is -2.44. The average molecular weight is 416 g/mol. The molecule has 1 unspecified atom stereocenters. The standard InChI is InChI=1S/C23H30ClN3O2/c1-4-17(2)18-5-8-20(9-6-18)29-16-23(28)25-19-7-10-22(21(24)15-19)27-13-11-26(3)12-14-27/h5-10,15,17H,4,11-14,16H2,1-3H3,(H,25,28). The van der Waals surface area contributed by atoms with Gasteiger partial charge in [-0.15, -0.1) is 0 Å². The Morgan fingerprint density at radius 3 is 2.45 bits per heavy atom. The highest BCUT2D eigenvalue weighted by molar-refractivity contribution is 6.33. The number of nitrogens with zero attached hydrogens (tertiary/aromatic N) is 2. The van der Waals surface area contributed by atoms with Gasteiger partial charge in [0.2, 0.25) is 0 Å². The van der Waals surface area contributed by atoms with Gasteiger partial charge >= 0.3 is 0 Å². The van der Waals surface area contributed by atoms with Crippen molar-refractivity contribution in [2.75, 3.05) is 50.1 Å². The molecule has 0 bridgehead atoms. The second-order valence-electron chi connectivity index (χ2n) is 7.67. The number of carbonyl (C=O) groups excluding carboxylic acids is 1. The molecule has 1 aliphatic rings. The van der Waals surface area contributed by atoms with E-state index >= 15 is 0 Å². The van der Waals surface area contributed by atoms with Crippen LogP contribution in [-0.4, -0.2) is 50.6 Å². The van der Waals surface area contributed by atoms with Gasteiger partial charge in [0, 0.05) is 31.9 Å². The van der Waals surface area contributed by atoms with Crippen LogP contribution in [0.25, 0.3) is 0 Å². The number of carbonyl (C=O) groups is 1. The molecule has 1 aliphatic heterocycles. The lowest BCUT2D eigenvalue weighted by Gasteiger charge is -2.34. The Kier molecular flexibility index (Phi) is 7.40. The number of benzene rings is 2. The second-order valence-corrected chi connectivity index (χ2v) is 8.08. The summed E-state index contributed by atoms with van der Waals surface area (Å²) in [6.07, 6.45) is 1.10. The second kappa shape index (κ2) is 9.99. The number of likely N-dealkylation sites (N-methyl/N-ethyl adjacent to an activating group) is 1. The number of rotatable bonds is 7. The number of hydrogen-bond donors (Lipinski definition) is 1. The number of nitrogens with one attached hydrogen (secondary N) is 1. The van der Waals surface area contributed by atoms with Crippen molar-refractivity contribution in [2.45, 2.75) is 26.2 Å². The monoisotopic (exact) mass is 415 g/mol. The topological polar surface area (TPSA) is 44.8 Å². The first-order chi connectivity index (χ1) is 14.0. The van der Waals surface area contributed by atoms with Crippen LogP contribution in [0.1, 0.15) is 31.7 Å². The molecule has 6 heteroatoms. The highest BCUT2D eigenvalue weighted by Crippen LogP contribution is 2.29. The maximum atomic E-state index is 12.2. The normalized spacial score (nSPS) is 15.8. The van der Waals surface area contributed by atoms with E-state index in [1.165, 1.54) is 5.56 Å². The van der Waals surface area contributed by atoms with Crippen LogP contribution in [0.5, 0.6) is 5.75 Å². The van der Waals surface area contributed by atoms with E-state index in [9.17, 15) is 4.79 Å². The van der Waals surface area contributed by atoms with Crippen LogP contribution < -0.4 is 15.0 Å². The van der Waals surface area contributed by atoms with Crippen LogP contribution in [-0.2, 0) is 4.79 Å². The molecule has 1 heterocycles. The molecule has 5 nitrogen and oxygen atoms in total. The number of piperazine rings is 1. The van der Waals surface area contributed by atoms with Gasteiger partial charge in [0.1, 0.15) is 5.75 Å². The quantitative estimate of drug-likeness (QED) is 0.716. The number of anilines is 2. The third-order valence-corrected chi connectivity index (χ3v) is 5.81. The van der Waals surface area contributed by atoms with Gasteiger partial charge in [0.15, 0.2) is 6.61 Å². The van der Waals surface area contributed by atoms with Crippen molar-refractivity contribution in [3.05, 3.63) is 53.1 Å². The molecule has 0 aliphatic carbocycles. The minimum atomic E-state index is -0.209. The Hall–Kier alpha value is -2.24. The predicted octanol–water partition coefficient (Wildman–Crippen LogP) is 4.62. The third-order valence-electron chi connectivity index (χ3n) is 5.51. The van der Waals surface area contributed by atoms with E-state index in [1.807, 2.05) is 24.3 Å². The van der Waals surface area contributed by atoms with Crippen LogP contribution >= 0.6 is 11.6 Å². The predicted molar refractivity (Wildman–Crippen MR) is 120 cm³/mol. The van der Waals surface area contributed by atoms with Crippen LogP contribution in [0.15, 0.2) is 42.5 Å². The zero-order chi connectivity index (χ0) is 20.8. The van der Waals surface area contributed by atoms with Crippen molar-refractivity contribution in [2.24, 2.45) is 0 Å². The van der Waals surface area contributed by atoms with Gasteiger partial charge < -0.3 is 19.9 Å². The summed E-state index contributed by atoms with van der Waals surface area (Å²) < 4.78 is 5.61. The smallest absolute Gasteiger partial charge is 0.262 e. The van der Waals surface area contributed by atoms with Crippen molar-refractivity contribution in [1.82, 2.24) is 4.90 Å². The Morgan fingerprint density at radius 1 is 1.14 bits per heavy atom. The molecule has 2 aromatic rings.